The van der Waals surface area contributed by atoms with E-state index in [1.54, 1.807) is 6.92 Å². The molecular formula is C45H62F2O4. The zero-order valence-corrected chi connectivity index (χ0v) is 32.1. The molecule has 4 nitrogen and oxygen atoms in total. The summed E-state index contributed by atoms with van der Waals surface area (Å²) in [7, 11) is 0. The molecule has 0 bridgehead atoms. The van der Waals surface area contributed by atoms with E-state index in [0.29, 0.717) is 38.1 Å². The van der Waals surface area contributed by atoms with Crippen LogP contribution in [0.15, 0.2) is 95.6 Å². The fourth-order valence-electron chi connectivity index (χ4n) is 9.05. The topological polar surface area (TPSA) is 36.9 Å². The number of hydrogen-bond acceptors (Lipinski definition) is 4. The number of hydrogen-bond donors (Lipinski definition) is 0. The minimum atomic E-state index is -2.96. The van der Waals surface area contributed by atoms with E-state index >= 15 is 8.78 Å². The summed E-state index contributed by atoms with van der Waals surface area (Å²) in [5.74, 6) is -1.92. The van der Waals surface area contributed by atoms with E-state index in [2.05, 4.69) is 87.5 Å². The molecule has 0 aliphatic heterocycles. The molecule has 51 heavy (non-hydrogen) atoms. The molecule has 1 unspecified atom stereocenters. The summed E-state index contributed by atoms with van der Waals surface area (Å²) in [6.07, 6.45) is 12.8. The van der Waals surface area contributed by atoms with Crippen molar-refractivity contribution in [2.75, 3.05) is 6.61 Å². The molecule has 0 heterocycles. The lowest BCUT2D eigenvalue weighted by molar-refractivity contribution is -0.264. The molecule has 0 radical (unpaired) electrons. The molecule has 0 saturated heterocycles. The van der Waals surface area contributed by atoms with Crippen molar-refractivity contribution < 1.29 is 27.7 Å². The van der Waals surface area contributed by atoms with E-state index in [4.69, 9.17) is 18.9 Å². The third-order valence-corrected chi connectivity index (χ3v) is 12.2. The summed E-state index contributed by atoms with van der Waals surface area (Å²) in [5.41, 5.74) is 4.81. The van der Waals surface area contributed by atoms with Crippen molar-refractivity contribution in [3.63, 3.8) is 0 Å². The van der Waals surface area contributed by atoms with E-state index < -0.39 is 17.8 Å². The predicted octanol–water partition coefficient (Wildman–Crippen LogP) is 11.8. The van der Waals surface area contributed by atoms with Gasteiger partial charge in [0.15, 0.2) is 6.29 Å². The Morgan fingerprint density at radius 2 is 1.57 bits per heavy atom. The summed E-state index contributed by atoms with van der Waals surface area (Å²) < 4.78 is 55.3. The van der Waals surface area contributed by atoms with Crippen LogP contribution in [0.25, 0.3) is 0 Å². The molecular weight excluding hydrogens is 642 g/mol. The summed E-state index contributed by atoms with van der Waals surface area (Å²) in [5, 5.41) is 0. The zero-order chi connectivity index (χ0) is 36.6. The Labute approximate surface area is 306 Å². The normalized spacial score (nSPS) is 27.0. The fourth-order valence-corrected chi connectivity index (χ4v) is 9.05. The zero-order valence-electron chi connectivity index (χ0n) is 32.1. The minimum absolute atomic E-state index is 0.0161. The lowest BCUT2D eigenvalue weighted by Crippen LogP contribution is -2.48. The van der Waals surface area contributed by atoms with Gasteiger partial charge in [-0.2, -0.15) is 0 Å². The number of allylic oxidation sites excluding steroid dienone is 4. The van der Waals surface area contributed by atoms with E-state index in [9.17, 15) is 0 Å². The standard InChI is InChI=1S/C45H62F2O4/c1-8-48-34(4)51-43(5,6)45(46,47)27-25-32(2)40-23-24-41-37(20-15-26-44(40,41)7)21-22-38-28-39(49-30-35-16-11-9-12-17-35)29-42(33(38)3)50-31-36-18-13-10-14-19-36/h9-14,16-22,32,34,39-42H,8,15,23-31H2,1-7H3/b22-21-/t32-,34?,39+,40-,41+,42-,44-/m1/s1. The van der Waals surface area contributed by atoms with Gasteiger partial charge in [-0.3, -0.25) is 0 Å². The van der Waals surface area contributed by atoms with Gasteiger partial charge < -0.3 is 18.9 Å². The average Bonchev–Trinajstić information content (AvgIpc) is 3.47. The van der Waals surface area contributed by atoms with Gasteiger partial charge in [0.2, 0.25) is 0 Å². The van der Waals surface area contributed by atoms with Crippen molar-refractivity contribution in [1.82, 2.24) is 0 Å². The summed E-state index contributed by atoms with van der Waals surface area (Å²) in [6.45, 7) is 14.9. The van der Waals surface area contributed by atoms with E-state index in [1.807, 2.05) is 19.1 Å². The molecule has 0 aromatic heterocycles. The number of fused-ring (bicyclic) bond motifs is 1. The maximum atomic E-state index is 15.6. The van der Waals surface area contributed by atoms with Crippen LogP contribution in [-0.2, 0) is 32.2 Å². The van der Waals surface area contributed by atoms with Crippen molar-refractivity contribution in [3.8, 4) is 0 Å². The van der Waals surface area contributed by atoms with Crippen molar-refractivity contribution in [1.29, 1.82) is 0 Å². The van der Waals surface area contributed by atoms with Gasteiger partial charge in [0.25, 0.3) is 5.92 Å². The molecule has 0 spiro atoms. The average molecular weight is 705 g/mol. The number of benzene rings is 2. The molecule has 3 aliphatic rings. The first-order valence-corrected chi connectivity index (χ1v) is 19.4. The third kappa shape index (κ3) is 9.87. The van der Waals surface area contributed by atoms with Crippen LogP contribution >= 0.6 is 0 Å². The molecule has 1 fully saturated rings. The number of halogens is 2. The summed E-state index contributed by atoms with van der Waals surface area (Å²) in [6, 6.07) is 20.7. The van der Waals surface area contributed by atoms with Gasteiger partial charge in [0.1, 0.15) is 5.60 Å². The quantitative estimate of drug-likeness (QED) is 0.154. The van der Waals surface area contributed by atoms with E-state index in [-0.39, 0.29) is 30.0 Å². The Bertz CT molecular complexity index is 1480. The van der Waals surface area contributed by atoms with Gasteiger partial charge in [0, 0.05) is 19.4 Å². The molecule has 7 atom stereocenters. The van der Waals surface area contributed by atoms with Crippen LogP contribution in [0.3, 0.4) is 0 Å². The first kappa shape index (κ1) is 39.6. The highest BCUT2D eigenvalue weighted by Crippen LogP contribution is 2.59. The largest absolute Gasteiger partial charge is 0.373 e. The van der Waals surface area contributed by atoms with Gasteiger partial charge in [-0.25, -0.2) is 8.78 Å². The van der Waals surface area contributed by atoms with Crippen LogP contribution in [-0.4, -0.2) is 36.6 Å². The Morgan fingerprint density at radius 1 is 0.922 bits per heavy atom. The molecule has 1 saturated carbocycles. The number of ether oxygens (including phenoxy) is 4. The fraction of sp³-hybridized carbons (Fsp3) is 0.600. The van der Waals surface area contributed by atoms with Crippen LogP contribution in [0.1, 0.15) is 111 Å². The monoisotopic (exact) mass is 704 g/mol. The van der Waals surface area contributed by atoms with Crippen LogP contribution in [0.4, 0.5) is 8.78 Å². The van der Waals surface area contributed by atoms with Crippen molar-refractivity contribution in [2.24, 2.45) is 23.2 Å². The maximum Gasteiger partial charge on any atom is 0.276 e. The van der Waals surface area contributed by atoms with Crippen LogP contribution in [0.2, 0.25) is 0 Å². The van der Waals surface area contributed by atoms with Gasteiger partial charge in [-0.05, 0) is 124 Å². The molecule has 0 N–H and O–H groups in total. The highest BCUT2D eigenvalue weighted by Gasteiger charge is 2.52. The Hall–Kier alpha value is -2.64. The predicted molar refractivity (Wildman–Crippen MR) is 202 cm³/mol. The number of alkyl halides is 2. The first-order valence-electron chi connectivity index (χ1n) is 19.4. The molecule has 2 aromatic rings. The Kier molecular flexibility index (Phi) is 13.5. The first-order chi connectivity index (χ1) is 24.3. The minimum Gasteiger partial charge on any atom is -0.373 e. The smallest absolute Gasteiger partial charge is 0.276 e. The van der Waals surface area contributed by atoms with Gasteiger partial charge in [0.05, 0.1) is 25.4 Å². The van der Waals surface area contributed by atoms with Crippen LogP contribution in [0.5, 0.6) is 0 Å². The van der Waals surface area contributed by atoms with Crippen molar-refractivity contribution in [3.05, 3.63) is 107 Å². The molecule has 2 aromatic carbocycles. The van der Waals surface area contributed by atoms with Gasteiger partial charge in [-0.1, -0.05) is 92.7 Å². The molecule has 5 rings (SSSR count). The van der Waals surface area contributed by atoms with Gasteiger partial charge >= 0.3 is 0 Å². The van der Waals surface area contributed by atoms with Gasteiger partial charge in [-0.15, -0.1) is 0 Å². The molecule has 0 amide bonds. The molecule has 280 valence electrons. The lowest BCUT2D eigenvalue weighted by Gasteiger charge is -2.43. The maximum absolute atomic E-state index is 15.6. The van der Waals surface area contributed by atoms with Crippen molar-refractivity contribution in [2.45, 2.75) is 143 Å². The summed E-state index contributed by atoms with van der Waals surface area (Å²) >= 11 is 0. The van der Waals surface area contributed by atoms with Crippen LogP contribution < -0.4 is 0 Å². The van der Waals surface area contributed by atoms with E-state index in [0.717, 1.165) is 38.5 Å². The van der Waals surface area contributed by atoms with Crippen LogP contribution in [0, 0.1) is 23.2 Å². The Balaban J connectivity index is 1.26. The summed E-state index contributed by atoms with van der Waals surface area (Å²) in [4.78, 5) is 0. The SMILES string of the molecule is CCOC(C)OC(C)(C)C(F)(F)CC[C@@H](C)[C@H]1CC[C@H]2C(/C=C\C3=C(C)[C@H](OCc4ccccc4)C[C@@H](OCc4ccccc4)C3)=CCC[C@]12C. The molecule has 6 heteroatoms. The lowest BCUT2D eigenvalue weighted by atomic mass is 9.62. The Morgan fingerprint density at radius 3 is 2.22 bits per heavy atom. The van der Waals surface area contributed by atoms with E-state index in [1.165, 1.54) is 41.7 Å². The highest BCUT2D eigenvalue weighted by atomic mass is 19.3. The van der Waals surface area contributed by atoms with Crippen molar-refractivity contribution >= 4 is 0 Å². The second-order valence-corrected chi connectivity index (χ2v) is 16.0. The second kappa shape index (κ2) is 17.5. The number of rotatable bonds is 17. The highest BCUT2D eigenvalue weighted by molar-refractivity contribution is 5.37. The third-order valence-electron chi connectivity index (χ3n) is 12.2. The second-order valence-electron chi connectivity index (χ2n) is 16.0. The molecule has 3 aliphatic carbocycles.